The summed E-state index contributed by atoms with van der Waals surface area (Å²) in [5.41, 5.74) is 3.93. The second kappa shape index (κ2) is 4.72. The predicted molar refractivity (Wildman–Crippen MR) is 74.5 cm³/mol. The number of aryl methyl sites for hydroxylation is 1. The summed E-state index contributed by atoms with van der Waals surface area (Å²) in [5, 5.41) is 9.08. The van der Waals surface area contributed by atoms with E-state index >= 15 is 0 Å². The molecule has 1 aliphatic rings. The minimum atomic E-state index is -0.629. The number of nitrogens with zero attached hydrogens (tertiary/aromatic N) is 1. The van der Waals surface area contributed by atoms with Crippen molar-refractivity contribution in [3.63, 3.8) is 0 Å². The van der Waals surface area contributed by atoms with Crippen LogP contribution in [-0.2, 0) is 4.79 Å². The number of carbonyl (C=O) groups is 1. The van der Waals surface area contributed by atoms with Crippen molar-refractivity contribution in [1.29, 1.82) is 0 Å². The first kappa shape index (κ1) is 12.3. The Morgan fingerprint density at radius 2 is 2.00 bits per heavy atom. The van der Waals surface area contributed by atoms with Crippen LogP contribution in [-0.4, -0.2) is 15.5 Å². The number of aromatic nitrogens is 1. The van der Waals surface area contributed by atoms with Crippen LogP contribution < -0.4 is 0 Å². The summed E-state index contributed by atoms with van der Waals surface area (Å²) in [7, 11) is 0. The van der Waals surface area contributed by atoms with Gasteiger partial charge in [0, 0.05) is 17.4 Å². The van der Waals surface area contributed by atoms with E-state index in [0.717, 1.165) is 25.7 Å². The molecule has 1 N–H and O–H groups in total. The zero-order valence-corrected chi connectivity index (χ0v) is 11.2. The summed E-state index contributed by atoms with van der Waals surface area (Å²) in [6.07, 6.45) is 5.69. The quantitative estimate of drug-likeness (QED) is 0.893. The van der Waals surface area contributed by atoms with Gasteiger partial charge in [0.1, 0.15) is 0 Å². The highest BCUT2D eigenvalue weighted by Gasteiger charge is 2.28. The lowest BCUT2D eigenvalue weighted by Gasteiger charge is -2.26. The highest BCUT2D eigenvalue weighted by Crippen LogP contribution is 2.38. The lowest BCUT2D eigenvalue weighted by Crippen LogP contribution is -2.21. The summed E-state index contributed by atoms with van der Waals surface area (Å²) in [4.78, 5) is 11.0. The van der Waals surface area contributed by atoms with Gasteiger partial charge in [0.25, 0.3) is 0 Å². The van der Waals surface area contributed by atoms with E-state index in [1.54, 1.807) is 0 Å². The van der Waals surface area contributed by atoms with Gasteiger partial charge in [0.05, 0.1) is 5.92 Å². The first-order valence-electron chi connectivity index (χ1n) is 6.96. The molecule has 0 amide bonds. The second-order valence-electron chi connectivity index (χ2n) is 5.59. The van der Waals surface area contributed by atoms with Crippen LogP contribution in [0.5, 0.6) is 0 Å². The molecule has 0 atom stereocenters. The highest BCUT2D eigenvalue weighted by molar-refractivity contribution is 5.70. The molecule has 0 aliphatic heterocycles. The number of pyridine rings is 1. The van der Waals surface area contributed by atoms with Crippen molar-refractivity contribution in [2.24, 2.45) is 5.92 Å². The molecule has 3 rings (SSSR count). The maximum Gasteiger partial charge on any atom is 0.306 e. The molecule has 2 aromatic heterocycles. The monoisotopic (exact) mass is 257 g/mol. The number of hydrogen-bond donors (Lipinski definition) is 1. The smallest absolute Gasteiger partial charge is 0.306 e. The Morgan fingerprint density at radius 3 is 2.68 bits per heavy atom. The Morgan fingerprint density at radius 1 is 1.26 bits per heavy atom. The van der Waals surface area contributed by atoms with Crippen LogP contribution in [0.4, 0.5) is 0 Å². The van der Waals surface area contributed by atoms with Gasteiger partial charge in [0.2, 0.25) is 0 Å². The molecule has 2 heterocycles. The van der Waals surface area contributed by atoms with Gasteiger partial charge in [-0.05, 0) is 62.3 Å². The molecule has 3 heteroatoms. The van der Waals surface area contributed by atoms with Gasteiger partial charge in [-0.3, -0.25) is 4.79 Å². The second-order valence-corrected chi connectivity index (χ2v) is 5.59. The number of carboxylic acid groups (broad SMARTS) is 1. The zero-order valence-electron chi connectivity index (χ0n) is 11.2. The predicted octanol–water partition coefficient (Wildman–Crippen LogP) is 3.61. The van der Waals surface area contributed by atoms with Crippen molar-refractivity contribution in [1.82, 2.24) is 4.40 Å². The van der Waals surface area contributed by atoms with Crippen molar-refractivity contribution in [2.75, 3.05) is 0 Å². The molecule has 0 unspecified atom stereocenters. The maximum atomic E-state index is 11.0. The van der Waals surface area contributed by atoms with Crippen LogP contribution in [0, 0.1) is 12.8 Å². The molecule has 1 fully saturated rings. The number of rotatable bonds is 2. The molecule has 0 saturated heterocycles. The molecular formula is C16H19NO2. The summed E-state index contributed by atoms with van der Waals surface area (Å²) in [6.45, 7) is 2.16. The number of carboxylic acids is 1. The molecule has 0 spiro atoms. The van der Waals surface area contributed by atoms with Crippen LogP contribution in [0.1, 0.15) is 42.9 Å². The average Bonchev–Trinajstić information content (AvgIpc) is 2.74. The van der Waals surface area contributed by atoms with Gasteiger partial charge in [-0.1, -0.05) is 6.07 Å². The van der Waals surface area contributed by atoms with E-state index in [4.69, 9.17) is 5.11 Å². The van der Waals surface area contributed by atoms with Gasteiger partial charge < -0.3 is 9.51 Å². The maximum absolute atomic E-state index is 11.0. The lowest BCUT2D eigenvalue weighted by molar-refractivity contribution is -0.142. The molecular weight excluding hydrogens is 238 g/mol. The highest BCUT2D eigenvalue weighted by atomic mass is 16.4. The van der Waals surface area contributed by atoms with Crippen LogP contribution in [0.2, 0.25) is 0 Å². The minimum absolute atomic E-state index is 0.136. The Bertz CT molecular complexity index is 606. The molecule has 3 nitrogen and oxygen atoms in total. The van der Waals surface area contributed by atoms with Crippen LogP contribution in [0.15, 0.2) is 30.5 Å². The fourth-order valence-corrected chi connectivity index (χ4v) is 3.41. The summed E-state index contributed by atoms with van der Waals surface area (Å²) < 4.78 is 2.26. The van der Waals surface area contributed by atoms with E-state index in [-0.39, 0.29) is 5.92 Å². The first-order valence-corrected chi connectivity index (χ1v) is 6.96. The SMILES string of the molecule is Cc1cc2ccccn2c1C1CCC(C(=O)O)CC1. The average molecular weight is 257 g/mol. The first-order chi connectivity index (χ1) is 9.16. The lowest BCUT2D eigenvalue weighted by atomic mass is 9.80. The fraction of sp³-hybridized carbons (Fsp3) is 0.438. The minimum Gasteiger partial charge on any atom is -0.481 e. The van der Waals surface area contributed by atoms with Crippen molar-refractivity contribution < 1.29 is 9.90 Å². The van der Waals surface area contributed by atoms with Crippen molar-refractivity contribution in [2.45, 2.75) is 38.5 Å². The summed E-state index contributed by atoms with van der Waals surface area (Å²) in [6, 6.07) is 8.46. The third-order valence-corrected chi connectivity index (χ3v) is 4.38. The fourth-order valence-electron chi connectivity index (χ4n) is 3.41. The molecule has 0 bridgehead atoms. The molecule has 1 saturated carbocycles. The van der Waals surface area contributed by atoms with E-state index in [1.807, 2.05) is 0 Å². The molecule has 19 heavy (non-hydrogen) atoms. The summed E-state index contributed by atoms with van der Waals surface area (Å²) >= 11 is 0. The third-order valence-electron chi connectivity index (χ3n) is 4.38. The number of fused-ring (bicyclic) bond motifs is 1. The molecule has 0 radical (unpaired) electrons. The Labute approximate surface area is 112 Å². The van der Waals surface area contributed by atoms with Gasteiger partial charge in [-0.25, -0.2) is 0 Å². The number of aliphatic carboxylic acids is 1. The Kier molecular flexibility index (Phi) is 3.05. The molecule has 0 aromatic carbocycles. The van der Waals surface area contributed by atoms with Crippen molar-refractivity contribution >= 4 is 11.5 Å². The topological polar surface area (TPSA) is 41.7 Å². The molecule has 2 aromatic rings. The van der Waals surface area contributed by atoms with Crippen molar-refractivity contribution in [3.05, 3.63) is 41.7 Å². The molecule has 1 aliphatic carbocycles. The third kappa shape index (κ3) is 2.14. The Hall–Kier alpha value is -1.77. The van der Waals surface area contributed by atoms with E-state index in [0.29, 0.717) is 5.92 Å². The summed E-state index contributed by atoms with van der Waals surface area (Å²) in [5.74, 6) is -0.265. The standard InChI is InChI=1S/C16H19NO2/c1-11-10-14-4-2-3-9-17(14)15(11)12-5-7-13(8-6-12)16(18)19/h2-4,9-10,12-13H,5-8H2,1H3,(H,18,19). The number of hydrogen-bond acceptors (Lipinski definition) is 1. The van der Waals surface area contributed by atoms with Gasteiger partial charge in [-0.2, -0.15) is 0 Å². The van der Waals surface area contributed by atoms with E-state index in [2.05, 4.69) is 41.8 Å². The van der Waals surface area contributed by atoms with Gasteiger partial charge in [0.15, 0.2) is 0 Å². The van der Waals surface area contributed by atoms with E-state index < -0.39 is 5.97 Å². The van der Waals surface area contributed by atoms with Gasteiger partial charge >= 0.3 is 5.97 Å². The zero-order chi connectivity index (χ0) is 13.4. The van der Waals surface area contributed by atoms with Crippen LogP contribution in [0.25, 0.3) is 5.52 Å². The van der Waals surface area contributed by atoms with Crippen LogP contribution in [0.3, 0.4) is 0 Å². The normalized spacial score (nSPS) is 23.6. The van der Waals surface area contributed by atoms with Gasteiger partial charge in [-0.15, -0.1) is 0 Å². The Balaban J connectivity index is 1.89. The van der Waals surface area contributed by atoms with Crippen molar-refractivity contribution in [3.8, 4) is 0 Å². The van der Waals surface area contributed by atoms with E-state index in [1.165, 1.54) is 16.8 Å². The largest absolute Gasteiger partial charge is 0.481 e. The molecule has 100 valence electrons. The van der Waals surface area contributed by atoms with Crippen LogP contribution >= 0.6 is 0 Å². The van der Waals surface area contributed by atoms with E-state index in [9.17, 15) is 4.79 Å².